The summed E-state index contributed by atoms with van der Waals surface area (Å²) in [5.41, 5.74) is 6.43. The van der Waals surface area contributed by atoms with Crippen molar-refractivity contribution in [3.8, 4) is 5.75 Å². The van der Waals surface area contributed by atoms with Gasteiger partial charge in [0.05, 0.1) is 5.75 Å². The van der Waals surface area contributed by atoms with Crippen LogP contribution in [-0.2, 0) is 11.2 Å². The number of carbonyl (C=O) groups is 1. The second-order valence-corrected chi connectivity index (χ2v) is 4.71. The Hall–Kier alpha value is -1.20. The van der Waals surface area contributed by atoms with Crippen molar-refractivity contribution in [2.24, 2.45) is 5.73 Å². The van der Waals surface area contributed by atoms with Crippen LogP contribution < -0.4 is 11.1 Å². The van der Waals surface area contributed by atoms with Gasteiger partial charge in [0.15, 0.2) is 0 Å². The maximum Gasteiger partial charge on any atom is 0.230 e. The second-order valence-electron chi connectivity index (χ2n) is 3.61. The van der Waals surface area contributed by atoms with E-state index in [4.69, 9.17) is 10.8 Å². The van der Waals surface area contributed by atoms with Crippen LogP contribution in [0, 0.1) is 0 Å². The molecule has 4 N–H and O–H groups in total. The van der Waals surface area contributed by atoms with Gasteiger partial charge in [0.2, 0.25) is 5.91 Å². The fourth-order valence-corrected chi connectivity index (χ4v) is 1.91. The van der Waals surface area contributed by atoms with Crippen molar-refractivity contribution >= 4 is 17.7 Å². The van der Waals surface area contributed by atoms with E-state index in [9.17, 15) is 4.79 Å². The highest BCUT2D eigenvalue weighted by Gasteiger charge is 2.00. The smallest absolute Gasteiger partial charge is 0.230 e. The van der Waals surface area contributed by atoms with Crippen molar-refractivity contribution < 1.29 is 9.90 Å². The number of thioether (sulfide) groups is 1. The molecule has 0 radical (unpaired) electrons. The van der Waals surface area contributed by atoms with E-state index in [-0.39, 0.29) is 11.7 Å². The second kappa shape index (κ2) is 7.97. The number of aromatic hydroxyl groups is 1. The normalized spacial score (nSPS) is 10.2. The number of phenols is 1. The summed E-state index contributed by atoms with van der Waals surface area (Å²) in [4.78, 5) is 11.3. The number of hydrogen-bond donors (Lipinski definition) is 3. The molecule has 0 heterocycles. The fourth-order valence-electron chi connectivity index (χ4n) is 1.31. The largest absolute Gasteiger partial charge is 0.508 e. The van der Waals surface area contributed by atoms with Crippen molar-refractivity contribution in [3.63, 3.8) is 0 Å². The van der Waals surface area contributed by atoms with Gasteiger partial charge >= 0.3 is 0 Å². The van der Waals surface area contributed by atoms with E-state index in [1.807, 2.05) is 12.1 Å². The minimum Gasteiger partial charge on any atom is -0.508 e. The maximum absolute atomic E-state index is 11.3. The SMILES string of the molecule is NCCSCC(=O)NCCc1ccc(O)cc1. The molecule has 94 valence electrons. The first-order chi connectivity index (χ1) is 8.22. The van der Waals surface area contributed by atoms with E-state index in [2.05, 4.69) is 5.32 Å². The molecule has 0 aliphatic rings. The Bertz CT molecular complexity index is 341. The topological polar surface area (TPSA) is 75.4 Å². The molecule has 17 heavy (non-hydrogen) atoms. The summed E-state index contributed by atoms with van der Waals surface area (Å²) in [6.07, 6.45) is 0.771. The van der Waals surface area contributed by atoms with E-state index in [0.29, 0.717) is 18.8 Å². The molecule has 0 spiro atoms. The lowest BCUT2D eigenvalue weighted by atomic mass is 10.1. The zero-order chi connectivity index (χ0) is 12.5. The van der Waals surface area contributed by atoms with Gasteiger partial charge in [-0.2, -0.15) is 11.8 Å². The van der Waals surface area contributed by atoms with Crippen LogP contribution in [0.25, 0.3) is 0 Å². The van der Waals surface area contributed by atoms with Crippen molar-refractivity contribution in [1.29, 1.82) is 0 Å². The average molecular weight is 254 g/mol. The van der Waals surface area contributed by atoms with Gasteiger partial charge < -0.3 is 16.2 Å². The standard InChI is InChI=1S/C12H18N2O2S/c13-6-8-17-9-12(16)14-7-5-10-1-3-11(15)4-2-10/h1-4,15H,5-9,13H2,(H,14,16). The molecule has 1 amide bonds. The number of amides is 1. The first-order valence-electron chi connectivity index (χ1n) is 5.55. The Morgan fingerprint density at radius 2 is 2.06 bits per heavy atom. The van der Waals surface area contributed by atoms with E-state index in [0.717, 1.165) is 17.7 Å². The van der Waals surface area contributed by atoms with Crippen LogP contribution in [0.15, 0.2) is 24.3 Å². The third kappa shape index (κ3) is 6.19. The Morgan fingerprint density at radius 3 is 2.71 bits per heavy atom. The summed E-state index contributed by atoms with van der Waals surface area (Å²) in [6.45, 7) is 1.22. The minimum absolute atomic E-state index is 0.0437. The summed E-state index contributed by atoms with van der Waals surface area (Å²) in [5.74, 6) is 1.58. The Labute approximate surface area is 106 Å². The van der Waals surface area contributed by atoms with Gasteiger partial charge in [0.25, 0.3) is 0 Å². The fraction of sp³-hybridized carbons (Fsp3) is 0.417. The minimum atomic E-state index is 0.0437. The number of nitrogens with one attached hydrogen (secondary N) is 1. The molecule has 0 fully saturated rings. The van der Waals surface area contributed by atoms with E-state index in [1.54, 1.807) is 12.1 Å². The van der Waals surface area contributed by atoms with Crippen molar-refractivity contribution in [2.45, 2.75) is 6.42 Å². The molecule has 1 rings (SSSR count). The molecule has 0 saturated carbocycles. The van der Waals surface area contributed by atoms with Crippen molar-refractivity contribution in [1.82, 2.24) is 5.32 Å². The van der Waals surface area contributed by atoms with Crippen LogP contribution in [0.2, 0.25) is 0 Å². The molecule has 4 nitrogen and oxygen atoms in total. The molecular weight excluding hydrogens is 236 g/mol. The molecule has 5 heteroatoms. The highest BCUT2D eigenvalue weighted by atomic mass is 32.2. The molecule has 1 aromatic rings. The molecule has 0 unspecified atom stereocenters. The Kier molecular flexibility index (Phi) is 6.50. The number of benzene rings is 1. The van der Waals surface area contributed by atoms with E-state index >= 15 is 0 Å². The third-order valence-electron chi connectivity index (χ3n) is 2.17. The molecular formula is C12H18N2O2S. The van der Waals surface area contributed by atoms with Gasteiger partial charge in [-0.1, -0.05) is 12.1 Å². The quantitative estimate of drug-likeness (QED) is 0.627. The Balaban J connectivity index is 2.14. The van der Waals surface area contributed by atoms with Crippen LogP contribution >= 0.6 is 11.8 Å². The van der Waals surface area contributed by atoms with Gasteiger partial charge in [0, 0.05) is 18.8 Å². The zero-order valence-corrected chi connectivity index (χ0v) is 10.5. The van der Waals surface area contributed by atoms with Crippen LogP contribution in [0.3, 0.4) is 0 Å². The zero-order valence-electron chi connectivity index (χ0n) is 9.69. The van der Waals surface area contributed by atoms with Crippen LogP contribution in [0.4, 0.5) is 0 Å². The van der Waals surface area contributed by atoms with E-state index in [1.165, 1.54) is 11.8 Å². The first kappa shape index (κ1) is 13.9. The highest BCUT2D eigenvalue weighted by molar-refractivity contribution is 7.99. The molecule has 0 aliphatic carbocycles. The summed E-state index contributed by atoms with van der Waals surface area (Å²) >= 11 is 1.54. The molecule has 0 saturated heterocycles. The monoisotopic (exact) mass is 254 g/mol. The molecule has 0 bridgehead atoms. The first-order valence-corrected chi connectivity index (χ1v) is 6.70. The van der Waals surface area contributed by atoms with Crippen molar-refractivity contribution in [3.05, 3.63) is 29.8 Å². The lowest BCUT2D eigenvalue weighted by Crippen LogP contribution is -2.27. The van der Waals surface area contributed by atoms with Gasteiger partial charge in [-0.3, -0.25) is 4.79 Å². The van der Waals surface area contributed by atoms with Crippen LogP contribution in [-0.4, -0.2) is 35.6 Å². The summed E-state index contributed by atoms with van der Waals surface area (Å²) in [6, 6.07) is 7.00. The molecule has 1 aromatic carbocycles. The van der Waals surface area contributed by atoms with Gasteiger partial charge in [-0.05, 0) is 24.1 Å². The highest BCUT2D eigenvalue weighted by Crippen LogP contribution is 2.09. The predicted octanol–water partition coefficient (Wildman–Crippen LogP) is 0.743. The number of phenolic OH excluding ortho intramolecular Hbond substituents is 1. The van der Waals surface area contributed by atoms with Gasteiger partial charge in [-0.25, -0.2) is 0 Å². The number of rotatable bonds is 7. The predicted molar refractivity (Wildman–Crippen MR) is 71.2 cm³/mol. The van der Waals surface area contributed by atoms with Gasteiger partial charge in [-0.15, -0.1) is 0 Å². The maximum atomic E-state index is 11.3. The van der Waals surface area contributed by atoms with Crippen molar-refractivity contribution in [2.75, 3.05) is 24.6 Å². The lowest BCUT2D eigenvalue weighted by molar-refractivity contribution is -0.118. The summed E-state index contributed by atoms with van der Waals surface area (Å²) in [7, 11) is 0. The average Bonchev–Trinajstić information content (AvgIpc) is 2.32. The summed E-state index contributed by atoms with van der Waals surface area (Å²) < 4.78 is 0. The van der Waals surface area contributed by atoms with Crippen LogP contribution in [0.5, 0.6) is 5.75 Å². The number of hydrogen-bond acceptors (Lipinski definition) is 4. The molecule has 0 aromatic heterocycles. The van der Waals surface area contributed by atoms with Crippen LogP contribution in [0.1, 0.15) is 5.56 Å². The number of carbonyl (C=O) groups excluding carboxylic acids is 1. The third-order valence-corrected chi connectivity index (χ3v) is 3.16. The molecule has 0 aliphatic heterocycles. The van der Waals surface area contributed by atoms with Gasteiger partial charge in [0.1, 0.15) is 5.75 Å². The summed E-state index contributed by atoms with van der Waals surface area (Å²) in [5, 5.41) is 11.9. The lowest BCUT2D eigenvalue weighted by Gasteiger charge is -2.05. The van der Waals surface area contributed by atoms with E-state index < -0.39 is 0 Å². The Morgan fingerprint density at radius 1 is 1.35 bits per heavy atom. The molecule has 0 atom stereocenters. The number of nitrogens with two attached hydrogens (primary N) is 1.